The lowest BCUT2D eigenvalue weighted by atomic mass is 10.1. The summed E-state index contributed by atoms with van der Waals surface area (Å²) in [5.74, 6) is -0.400. The molecule has 0 bridgehead atoms. The highest BCUT2D eigenvalue weighted by molar-refractivity contribution is 5.95. The average molecular weight is 330 g/mol. The van der Waals surface area contributed by atoms with Gasteiger partial charge in [0.15, 0.2) is 0 Å². The van der Waals surface area contributed by atoms with Gasteiger partial charge >= 0.3 is 11.4 Å². The second-order valence-corrected chi connectivity index (χ2v) is 5.09. The number of benzene rings is 2. The van der Waals surface area contributed by atoms with Gasteiger partial charge in [-0.15, -0.1) is 0 Å². The van der Waals surface area contributed by atoms with Crippen molar-refractivity contribution in [3.63, 3.8) is 0 Å². The van der Waals surface area contributed by atoms with Gasteiger partial charge in [-0.2, -0.15) is 0 Å². The molecule has 9 nitrogen and oxygen atoms in total. The van der Waals surface area contributed by atoms with Crippen molar-refractivity contribution in [1.29, 1.82) is 0 Å². The van der Waals surface area contributed by atoms with Crippen LogP contribution in [-0.4, -0.2) is 15.8 Å². The van der Waals surface area contributed by atoms with Crippen molar-refractivity contribution in [1.82, 2.24) is 5.32 Å². The number of rotatable bonds is 5. The summed E-state index contributed by atoms with van der Waals surface area (Å²) in [5.41, 5.74) is 6.59. The number of carbonyl (C=O) groups is 1. The molecule has 0 aliphatic heterocycles. The molecule has 0 fully saturated rings. The molecular formula is C15H14N4O5. The van der Waals surface area contributed by atoms with Gasteiger partial charge in [0.05, 0.1) is 9.85 Å². The minimum Gasteiger partial charge on any atom is -0.398 e. The van der Waals surface area contributed by atoms with Crippen LogP contribution in [0.4, 0.5) is 17.1 Å². The van der Waals surface area contributed by atoms with E-state index in [2.05, 4.69) is 5.32 Å². The molecule has 0 unspecified atom stereocenters. The predicted octanol–water partition coefficient (Wildman–Crippen LogP) is 2.32. The Bertz CT molecular complexity index is 835. The number of hydrogen-bond acceptors (Lipinski definition) is 6. The summed E-state index contributed by atoms with van der Waals surface area (Å²) < 4.78 is 0. The van der Waals surface area contributed by atoms with Crippen LogP contribution in [0.15, 0.2) is 36.4 Å². The fraction of sp³-hybridized carbons (Fsp3) is 0.133. The van der Waals surface area contributed by atoms with Gasteiger partial charge in [0.25, 0.3) is 5.91 Å². The summed E-state index contributed by atoms with van der Waals surface area (Å²) in [6, 6.07) is 8.32. The summed E-state index contributed by atoms with van der Waals surface area (Å²) in [4.78, 5) is 32.1. The smallest absolute Gasteiger partial charge is 0.346 e. The first-order valence-corrected chi connectivity index (χ1v) is 6.85. The highest BCUT2D eigenvalue weighted by Gasteiger charge is 2.24. The first kappa shape index (κ1) is 16.9. The molecule has 3 N–H and O–H groups in total. The Kier molecular flexibility index (Phi) is 4.73. The van der Waals surface area contributed by atoms with Crippen molar-refractivity contribution in [2.75, 3.05) is 5.73 Å². The van der Waals surface area contributed by atoms with Gasteiger partial charge in [-0.05, 0) is 36.2 Å². The lowest BCUT2D eigenvalue weighted by molar-refractivity contribution is -0.422. The van der Waals surface area contributed by atoms with Gasteiger partial charge in [0.1, 0.15) is 0 Å². The fourth-order valence-corrected chi connectivity index (χ4v) is 2.05. The molecule has 0 radical (unpaired) electrons. The highest BCUT2D eigenvalue weighted by atomic mass is 16.6. The van der Waals surface area contributed by atoms with Gasteiger partial charge in [0.2, 0.25) is 0 Å². The van der Waals surface area contributed by atoms with E-state index in [1.807, 2.05) is 6.92 Å². The summed E-state index contributed by atoms with van der Waals surface area (Å²) in [5, 5.41) is 24.3. The van der Waals surface area contributed by atoms with E-state index in [1.54, 1.807) is 12.1 Å². The first-order valence-electron chi connectivity index (χ1n) is 6.85. The third-order valence-corrected chi connectivity index (χ3v) is 3.43. The lowest BCUT2D eigenvalue weighted by Crippen LogP contribution is -2.23. The normalized spacial score (nSPS) is 10.2. The lowest BCUT2D eigenvalue weighted by Gasteiger charge is -2.07. The summed E-state index contributed by atoms with van der Waals surface area (Å²) in [6.45, 7) is 1.80. The molecule has 2 rings (SSSR count). The van der Waals surface area contributed by atoms with Crippen LogP contribution < -0.4 is 11.1 Å². The molecule has 0 aliphatic carbocycles. The van der Waals surface area contributed by atoms with E-state index in [4.69, 9.17) is 5.73 Å². The third kappa shape index (κ3) is 3.64. The molecule has 124 valence electrons. The largest absolute Gasteiger partial charge is 0.398 e. The number of amides is 1. The number of hydrogen-bond donors (Lipinski definition) is 2. The zero-order chi connectivity index (χ0) is 17.9. The monoisotopic (exact) mass is 330 g/mol. The maximum atomic E-state index is 12.1. The Morgan fingerprint density at radius 1 is 1.08 bits per heavy atom. The van der Waals surface area contributed by atoms with E-state index in [0.29, 0.717) is 16.8 Å². The van der Waals surface area contributed by atoms with Gasteiger partial charge in [0, 0.05) is 29.9 Å². The van der Waals surface area contributed by atoms with E-state index >= 15 is 0 Å². The number of nitro groups is 2. The highest BCUT2D eigenvalue weighted by Crippen LogP contribution is 2.27. The molecule has 0 aromatic heterocycles. The third-order valence-electron chi connectivity index (χ3n) is 3.43. The number of nitrogens with one attached hydrogen (secondary N) is 1. The van der Waals surface area contributed by atoms with Gasteiger partial charge < -0.3 is 11.1 Å². The maximum absolute atomic E-state index is 12.1. The van der Waals surface area contributed by atoms with Crippen molar-refractivity contribution in [3.05, 3.63) is 73.3 Å². The van der Waals surface area contributed by atoms with Crippen molar-refractivity contribution in [2.24, 2.45) is 0 Å². The fourth-order valence-electron chi connectivity index (χ4n) is 2.05. The van der Waals surface area contributed by atoms with E-state index in [0.717, 1.165) is 17.7 Å². The van der Waals surface area contributed by atoms with Crippen LogP contribution in [0.1, 0.15) is 21.5 Å². The average Bonchev–Trinajstić information content (AvgIpc) is 2.54. The predicted molar refractivity (Wildman–Crippen MR) is 86.5 cm³/mol. The Labute approximate surface area is 136 Å². The molecule has 0 saturated heterocycles. The Hall–Kier alpha value is -3.49. The quantitative estimate of drug-likeness (QED) is 0.489. The summed E-state index contributed by atoms with van der Waals surface area (Å²) >= 11 is 0. The van der Waals surface area contributed by atoms with E-state index < -0.39 is 27.1 Å². The second kappa shape index (κ2) is 6.73. The van der Waals surface area contributed by atoms with Crippen molar-refractivity contribution >= 4 is 23.0 Å². The van der Waals surface area contributed by atoms with E-state index in [-0.39, 0.29) is 6.54 Å². The van der Waals surface area contributed by atoms with Crippen molar-refractivity contribution in [2.45, 2.75) is 13.5 Å². The molecule has 0 spiro atoms. The molecule has 0 heterocycles. The number of aryl methyl sites for hydroxylation is 1. The van der Waals surface area contributed by atoms with Crippen LogP contribution in [0.25, 0.3) is 0 Å². The van der Waals surface area contributed by atoms with E-state index in [9.17, 15) is 25.0 Å². The van der Waals surface area contributed by atoms with Gasteiger partial charge in [-0.1, -0.05) is 6.07 Å². The Morgan fingerprint density at radius 2 is 1.75 bits per heavy atom. The molecule has 2 aromatic carbocycles. The SMILES string of the molecule is Cc1ccc(C(=O)NCc2ccc([N+](=O)[O-])c([N+](=O)[O-])c2)cc1N. The zero-order valence-corrected chi connectivity index (χ0v) is 12.7. The topological polar surface area (TPSA) is 141 Å². The minimum atomic E-state index is -0.829. The maximum Gasteiger partial charge on any atom is 0.346 e. The Balaban J connectivity index is 2.15. The summed E-state index contributed by atoms with van der Waals surface area (Å²) in [7, 11) is 0. The van der Waals surface area contributed by atoms with Crippen molar-refractivity contribution in [3.8, 4) is 0 Å². The number of nitrogens with zero attached hydrogens (tertiary/aromatic N) is 2. The van der Waals surface area contributed by atoms with Crippen LogP contribution >= 0.6 is 0 Å². The summed E-state index contributed by atoms with van der Waals surface area (Å²) in [6.07, 6.45) is 0. The number of carbonyl (C=O) groups excluding carboxylic acids is 1. The van der Waals surface area contributed by atoms with Crippen LogP contribution in [0.2, 0.25) is 0 Å². The Morgan fingerprint density at radius 3 is 2.33 bits per heavy atom. The first-order chi connectivity index (χ1) is 11.3. The van der Waals surface area contributed by atoms with Crippen LogP contribution in [0.3, 0.4) is 0 Å². The number of nitrogen functional groups attached to an aromatic ring is 1. The van der Waals surface area contributed by atoms with E-state index in [1.165, 1.54) is 12.1 Å². The number of anilines is 1. The van der Waals surface area contributed by atoms with Crippen LogP contribution in [0.5, 0.6) is 0 Å². The molecule has 0 aliphatic rings. The molecule has 24 heavy (non-hydrogen) atoms. The second-order valence-electron chi connectivity index (χ2n) is 5.09. The zero-order valence-electron chi connectivity index (χ0n) is 12.7. The molecular weight excluding hydrogens is 316 g/mol. The van der Waals surface area contributed by atoms with Crippen LogP contribution in [-0.2, 0) is 6.54 Å². The molecule has 1 amide bonds. The minimum absolute atomic E-state index is 0.00848. The molecule has 2 aromatic rings. The van der Waals surface area contributed by atoms with Gasteiger partial charge in [-0.3, -0.25) is 25.0 Å². The number of nitro benzene ring substituents is 2. The number of nitrogens with two attached hydrogens (primary N) is 1. The standard InChI is InChI=1S/C15H14N4O5/c1-9-2-4-11(7-12(9)16)15(20)17-8-10-3-5-13(18(21)22)14(6-10)19(23)24/h2-7H,8,16H2,1H3,(H,17,20). The van der Waals surface area contributed by atoms with Crippen LogP contribution in [0, 0.1) is 27.2 Å². The molecule has 0 atom stereocenters. The molecule has 0 saturated carbocycles. The van der Waals surface area contributed by atoms with Crippen molar-refractivity contribution < 1.29 is 14.6 Å². The molecule has 9 heteroatoms. The van der Waals surface area contributed by atoms with Gasteiger partial charge in [-0.25, -0.2) is 0 Å².